The Morgan fingerprint density at radius 1 is 1.35 bits per heavy atom. The predicted octanol–water partition coefficient (Wildman–Crippen LogP) is 2.14. The average molecular weight is 279 g/mol. The Labute approximate surface area is 119 Å². The van der Waals surface area contributed by atoms with Crippen LogP contribution in [0.25, 0.3) is 0 Å². The lowest BCUT2D eigenvalue weighted by Crippen LogP contribution is -2.61. The van der Waals surface area contributed by atoms with Crippen LogP contribution >= 0.6 is 0 Å². The van der Waals surface area contributed by atoms with E-state index in [0.717, 1.165) is 24.2 Å². The highest BCUT2D eigenvalue weighted by molar-refractivity contribution is 5.69. The van der Waals surface area contributed by atoms with Gasteiger partial charge in [-0.1, -0.05) is 25.5 Å². The molecule has 1 heterocycles. The van der Waals surface area contributed by atoms with Crippen molar-refractivity contribution in [3.8, 4) is 5.75 Å². The minimum atomic E-state index is -0.976. The molecule has 0 aliphatic carbocycles. The number of nitrogens with zero attached hydrogens (tertiary/aromatic N) is 1. The van der Waals surface area contributed by atoms with Crippen molar-refractivity contribution in [1.82, 2.24) is 4.90 Å². The Bertz CT molecular complexity index is 451. The Kier molecular flexibility index (Phi) is 4.49. The summed E-state index contributed by atoms with van der Waals surface area (Å²) in [5, 5.41) is 10.4. The molecule has 0 unspecified atom stereocenters. The number of methoxy groups -OCH3 is 1. The molecule has 2 rings (SSSR count). The minimum absolute atomic E-state index is 0.268. The van der Waals surface area contributed by atoms with Crippen molar-refractivity contribution in [3.63, 3.8) is 0 Å². The molecule has 1 saturated heterocycles. The molecule has 0 aromatic heterocycles. The fraction of sp³-hybridized carbons (Fsp3) is 0.533. The molecule has 1 aliphatic rings. The number of hydrogen-bond acceptors (Lipinski definition) is 4. The van der Waals surface area contributed by atoms with E-state index >= 15 is 0 Å². The molecule has 1 aromatic rings. The first-order chi connectivity index (χ1) is 9.59. The largest absolute Gasteiger partial charge is 0.497 e. The molecule has 0 spiro atoms. The van der Waals surface area contributed by atoms with Crippen LogP contribution < -0.4 is 4.74 Å². The topological polar surface area (TPSA) is 59.0 Å². The molecule has 0 saturated carbocycles. The van der Waals surface area contributed by atoms with Gasteiger partial charge < -0.3 is 19.5 Å². The van der Waals surface area contributed by atoms with Gasteiger partial charge in [-0.2, -0.15) is 0 Å². The smallest absolute Gasteiger partial charge is 0.409 e. The fourth-order valence-corrected chi connectivity index (χ4v) is 2.19. The minimum Gasteiger partial charge on any atom is -0.497 e. The van der Waals surface area contributed by atoms with Crippen molar-refractivity contribution in [3.05, 3.63) is 29.8 Å². The zero-order chi connectivity index (χ0) is 14.6. The second kappa shape index (κ2) is 6.13. The SMILES string of the molecule is CCCCOC(=O)N1CC(O)(c2ccc(OC)cc2)C1. The van der Waals surface area contributed by atoms with Crippen LogP contribution in [0.3, 0.4) is 0 Å². The number of carbonyl (C=O) groups is 1. The highest BCUT2D eigenvalue weighted by Crippen LogP contribution is 2.33. The zero-order valence-corrected chi connectivity index (χ0v) is 12.0. The average Bonchev–Trinajstić information content (AvgIpc) is 2.44. The number of amides is 1. The normalized spacial score (nSPS) is 16.4. The maximum absolute atomic E-state index is 11.7. The molecule has 0 radical (unpaired) electrons. The van der Waals surface area contributed by atoms with E-state index in [1.165, 1.54) is 4.90 Å². The summed E-state index contributed by atoms with van der Waals surface area (Å²) in [6.45, 7) is 3.02. The highest BCUT2D eigenvalue weighted by atomic mass is 16.6. The second-order valence-corrected chi connectivity index (χ2v) is 5.08. The zero-order valence-electron chi connectivity index (χ0n) is 12.0. The van der Waals surface area contributed by atoms with Crippen LogP contribution in [0.2, 0.25) is 0 Å². The third-order valence-corrected chi connectivity index (χ3v) is 3.51. The predicted molar refractivity (Wildman–Crippen MR) is 74.7 cm³/mol. The fourth-order valence-electron chi connectivity index (χ4n) is 2.19. The number of carbonyl (C=O) groups excluding carboxylic acids is 1. The van der Waals surface area contributed by atoms with E-state index < -0.39 is 5.60 Å². The standard InChI is InChI=1S/C15H21NO4/c1-3-4-9-20-14(17)16-10-15(18,11-16)12-5-7-13(19-2)8-6-12/h5-8,18H,3-4,9-11H2,1-2H3. The summed E-state index contributed by atoms with van der Waals surface area (Å²) in [5.74, 6) is 0.743. The molecule has 1 aromatic carbocycles. The van der Waals surface area contributed by atoms with E-state index in [0.29, 0.717) is 6.61 Å². The summed E-state index contributed by atoms with van der Waals surface area (Å²) in [6, 6.07) is 7.24. The summed E-state index contributed by atoms with van der Waals surface area (Å²) in [7, 11) is 1.60. The molecule has 1 fully saturated rings. The van der Waals surface area contributed by atoms with E-state index in [1.807, 2.05) is 19.1 Å². The van der Waals surface area contributed by atoms with Crippen LogP contribution in [0.4, 0.5) is 4.79 Å². The lowest BCUT2D eigenvalue weighted by atomic mass is 9.86. The molecule has 1 N–H and O–H groups in total. The van der Waals surface area contributed by atoms with Crippen LogP contribution in [-0.4, -0.2) is 42.9 Å². The molecule has 1 aliphatic heterocycles. The van der Waals surface area contributed by atoms with E-state index in [-0.39, 0.29) is 19.2 Å². The van der Waals surface area contributed by atoms with E-state index in [4.69, 9.17) is 9.47 Å². The quantitative estimate of drug-likeness (QED) is 0.839. The van der Waals surface area contributed by atoms with Crippen molar-refractivity contribution in [2.24, 2.45) is 0 Å². The molecule has 5 nitrogen and oxygen atoms in total. The highest BCUT2D eigenvalue weighted by Gasteiger charge is 2.45. The number of rotatable bonds is 5. The summed E-state index contributed by atoms with van der Waals surface area (Å²) >= 11 is 0. The number of unbranched alkanes of at least 4 members (excludes halogenated alkanes) is 1. The van der Waals surface area contributed by atoms with Gasteiger partial charge in [0.1, 0.15) is 11.4 Å². The van der Waals surface area contributed by atoms with Crippen molar-refractivity contribution < 1.29 is 19.4 Å². The van der Waals surface area contributed by atoms with Gasteiger partial charge >= 0.3 is 6.09 Å². The number of β-amino-alcohol motifs (C(OH)–C–C–N with tert-alkyl or cyclic N) is 1. The van der Waals surface area contributed by atoms with Crippen molar-refractivity contribution in [1.29, 1.82) is 0 Å². The lowest BCUT2D eigenvalue weighted by molar-refractivity contribution is -0.0941. The number of aliphatic hydroxyl groups is 1. The van der Waals surface area contributed by atoms with Gasteiger partial charge in [-0.15, -0.1) is 0 Å². The molecule has 20 heavy (non-hydrogen) atoms. The van der Waals surface area contributed by atoms with E-state index in [2.05, 4.69) is 0 Å². The first kappa shape index (κ1) is 14.7. The van der Waals surface area contributed by atoms with E-state index in [9.17, 15) is 9.90 Å². The molecular formula is C15H21NO4. The van der Waals surface area contributed by atoms with Gasteiger partial charge in [-0.3, -0.25) is 0 Å². The van der Waals surface area contributed by atoms with Crippen LogP contribution in [0.15, 0.2) is 24.3 Å². The maximum Gasteiger partial charge on any atom is 0.409 e. The third-order valence-electron chi connectivity index (χ3n) is 3.51. The van der Waals surface area contributed by atoms with Crippen molar-refractivity contribution >= 4 is 6.09 Å². The van der Waals surface area contributed by atoms with Crippen LogP contribution in [0.1, 0.15) is 25.3 Å². The Morgan fingerprint density at radius 2 is 2.00 bits per heavy atom. The monoisotopic (exact) mass is 279 g/mol. The van der Waals surface area contributed by atoms with Crippen molar-refractivity contribution in [2.45, 2.75) is 25.4 Å². The van der Waals surface area contributed by atoms with Gasteiger partial charge in [0.2, 0.25) is 0 Å². The Balaban J connectivity index is 1.87. The number of likely N-dealkylation sites (tertiary alicyclic amines) is 1. The number of hydrogen-bond donors (Lipinski definition) is 1. The molecular weight excluding hydrogens is 258 g/mol. The van der Waals surface area contributed by atoms with E-state index in [1.54, 1.807) is 19.2 Å². The van der Waals surface area contributed by atoms with Gasteiger partial charge in [-0.05, 0) is 24.1 Å². The number of ether oxygens (including phenoxy) is 2. The van der Waals surface area contributed by atoms with Crippen LogP contribution in [0.5, 0.6) is 5.75 Å². The van der Waals surface area contributed by atoms with Crippen LogP contribution in [-0.2, 0) is 10.3 Å². The molecule has 1 amide bonds. The molecule has 110 valence electrons. The van der Waals surface area contributed by atoms with Crippen molar-refractivity contribution in [2.75, 3.05) is 26.8 Å². The van der Waals surface area contributed by atoms with Gasteiger partial charge in [-0.25, -0.2) is 4.79 Å². The Hall–Kier alpha value is -1.75. The second-order valence-electron chi connectivity index (χ2n) is 5.08. The number of benzene rings is 1. The maximum atomic E-state index is 11.7. The molecule has 5 heteroatoms. The summed E-state index contributed by atoms with van der Waals surface area (Å²) in [6.07, 6.45) is 1.50. The van der Waals surface area contributed by atoms with Gasteiger partial charge in [0.05, 0.1) is 26.8 Å². The lowest BCUT2D eigenvalue weighted by Gasteiger charge is -2.45. The third kappa shape index (κ3) is 3.04. The first-order valence-electron chi connectivity index (χ1n) is 6.87. The summed E-state index contributed by atoms with van der Waals surface area (Å²) in [4.78, 5) is 13.2. The van der Waals surface area contributed by atoms with Gasteiger partial charge in [0, 0.05) is 0 Å². The summed E-state index contributed by atoms with van der Waals surface area (Å²) < 4.78 is 10.2. The first-order valence-corrected chi connectivity index (χ1v) is 6.87. The summed E-state index contributed by atoms with van der Waals surface area (Å²) in [5.41, 5.74) is -0.188. The molecule has 0 bridgehead atoms. The Morgan fingerprint density at radius 3 is 2.55 bits per heavy atom. The van der Waals surface area contributed by atoms with Gasteiger partial charge in [0.25, 0.3) is 0 Å². The molecule has 0 atom stereocenters. The van der Waals surface area contributed by atoms with Crippen LogP contribution in [0, 0.1) is 0 Å². The van der Waals surface area contributed by atoms with Gasteiger partial charge in [0.15, 0.2) is 0 Å².